The van der Waals surface area contributed by atoms with Gasteiger partial charge in [-0.05, 0) is 44.7 Å². The van der Waals surface area contributed by atoms with E-state index in [1.807, 2.05) is 31.2 Å². The summed E-state index contributed by atoms with van der Waals surface area (Å²) in [6.07, 6.45) is 6.03. The molecule has 0 aromatic heterocycles. The molecule has 2 aliphatic rings. The van der Waals surface area contributed by atoms with Crippen LogP contribution in [0.3, 0.4) is 0 Å². The summed E-state index contributed by atoms with van der Waals surface area (Å²) in [6.45, 7) is 2.94. The number of likely N-dealkylation sites (tertiary alicyclic amines) is 1. The van der Waals surface area contributed by atoms with Gasteiger partial charge in [-0.25, -0.2) is 4.79 Å². The Balaban J connectivity index is 1.67. The molecular weight excluding hydrogens is 356 g/mol. The van der Waals surface area contributed by atoms with Crippen LogP contribution >= 0.6 is 0 Å². The number of carbonyl (C=O) groups excluding carboxylic acids is 2. The molecule has 0 spiro atoms. The molecule has 1 aromatic rings. The number of nitrogens with one attached hydrogen (secondary N) is 1. The van der Waals surface area contributed by atoms with E-state index >= 15 is 0 Å². The summed E-state index contributed by atoms with van der Waals surface area (Å²) in [5, 5.41) is 12.7. The Kier molecular flexibility index (Phi) is 6.37. The Bertz CT molecular complexity index is 721. The smallest absolute Gasteiger partial charge is 0.329 e. The van der Waals surface area contributed by atoms with Crippen LogP contribution < -0.4 is 5.32 Å². The molecule has 152 valence electrons. The molecule has 1 unspecified atom stereocenters. The summed E-state index contributed by atoms with van der Waals surface area (Å²) in [6, 6.07) is 7.44. The van der Waals surface area contributed by atoms with E-state index in [9.17, 15) is 19.5 Å². The second-order valence-electron chi connectivity index (χ2n) is 8.25. The fraction of sp³-hybridized carbons (Fsp3) is 0.591. The Morgan fingerprint density at radius 1 is 1.04 bits per heavy atom. The van der Waals surface area contributed by atoms with Crippen molar-refractivity contribution in [1.29, 1.82) is 0 Å². The van der Waals surface area contributed by atoms with E-state index in [-0.39, 0.29) is 17.7 Å². The van der Waals surface area contributed by atoms with Gasteiger partial charge in [-0.1, -0.05) is 43.4 Å². The molecule has 1 aliphatic heterocycles. The minimum absolute atomic E-state index is 0.0695. The van der Waals surface area contributed by atoms with Crippen LogP contribution in [0, 0.1) is 12.8 Å². The first-order valence-electron chi connectivity index (χ1n) is 10.3. The van der Waals surface area contributed by atoms with Crippen molar-refractivity contribution in [3.05, 3.63) is 35.4 Å². The summed E-state index contributed by atoms with van der Waals surface area (Å²) < 4.78 is 0. The van der Waals surface area contributed by atoms with Crippen LogP contribution in [0.4, 0.5) is 0 Å². The molecule has 6 heteroatoms. The Labute approximate surface area is 166 Å². The molecule has 3 rings (SSSR count). The highest BCUT2D eigenvalue weighted by Gasteiger charge is 2.42. The van der Waals surface area contributed by atoms with Gasteiger partial charge in [0, 0.05) is 18.7 Å². The van der Waals surface area contributed by atoms with Gasteiger partial charge < -0.3 is 15.3 Å². The molecule has 0 radical (unpaired) electrons. The highest BCUT2D eigenvalue weighted by Crippen LogP contribution is 2.29. The second kappa shape index (κ2) is 8.76. The van der Waals surface area contributed by atoms with Crippen molar-refractivity contribution >= 4 is 17.8 Å². The Morgan fingerprint density at radius 3 is 2.29 bits per heavy atom. The maximum Gasteiger partial charge on any atom is 0.329 e. The monoisotopic (exact) mass is 386 g/mol. The highest BCUT2D eigenvalue weighted by atomic mass is 16.4. The van der Waals surface area contributed by atoms with Gasteiger partial charge in [-0.3, -0.25) is 9.59 Å². The molecule has 1 aliphatic carbocycles. The number of amides is 2. The van der Waals surface area contributed by atoms with Gasteiger partial charge in [0.1, 0.15) is 5.54 Å². The van der Waals surface area contributed by atoms with Crippen molar-refractivity contribution in [3.63, 3.8) is 0 Å². The standard InChI is InChI=1S/C22H30N2O4/c1-16-8-10-17(11-9-16)20(26)24-14-6-7-18(15-24)19(25)23-22(21(27)28)12-4-2-3-5-13-22/h8-11,18H,2-7,12-15H2,1H3,(H,23,25)(H,27,28). The predicted octanol–water partition coefficient (Wildman–Crippen LogP) is 3.14. The van der Waals surface area contributed by atoms with Gasteiger partial charge in [0.05, 0.1) is 5.92 Å². The maximum absolute atomic E-state index is 12.9. The number of piperidine rings is 1. The van der Waals surface area contributed by atoms with Gasteiger partial charge in [0.15, 0.2) is 0 Å². The fourth-order valence-corrected chi connectivity index (χ4v) is 4.32. The van der Waals surface area contributed by atoms with E-state index in [0.29, 0.717) is 37.9 Å². The van der Waals surface area contributed by atoms with Crippen molar-refractivity contribution in [3.8, 4) is 0 Å². The first kappa shape index (κ1) is 20.4. The molecule has 1 saturated carbocycles. The average molecular weight is 386 g/mol. The molecule has 2 fully saturated rings. The summed E-state index contributed by atoms with van der Waals surface area (Å²) in [4.78, 5) is 39.4. The van der Waals surface area contributed by atoms with E-state index in [1.165, 1.54) is 0 Å². The molecule has 1 saturated heterocycles. The zero-order valence-corrected chi connectivity index (χ0v) is 16.6. The number of nitrogens with zero attached hydrogens (tertiary/aromatic N) is 1. The minimum Gasteiger partial charge on any atom is -0.480 e. The van der Waals surface area contributed by atoms with Crippen LogP contribution in [-0.2, 0) is 9.59 Å². The zero-order valence-electron chi connectivity index (χ0n) is 16.6. The van der Waals surface area contributed by atoms with Crippen LogP contribution in [0.1, 0.15) is 67.3 Å². The minimum atomic E-state index is -1.16. The van der Waals surface area contributed by atoms with E-state index in [4.69, 9.17) is 0 Å². The highest BCUT2D eigenvalue weighted by molar-refractivity contribution is 5.95. The third-order valence-corrected chi connectivity index (χ3v) is 6.11. The van der Waals surface area contributed by atoms with Crippen LogP contribution in [0.25, 0.3) is 0 Å². The number of carbonyl (C=O) groups is 3. The lowest BCUT2D eigenvalue weighted by Crippen LogP contribution is -2.57. The largest absolute Gasteiger partial charge is 0.480 e. The molecule has 1 aromatic carbocycles. The number of carboxylic acids is 1. The number of rotatable bonds is 4. The molecule has 6 nitrogen and oxygen atoms in total. The van der Waals surface area contributed by atoms with E-state index in [2.05, 4.69) is 5.32 Å². The van der Waals surface area contributed by atoms with Crippen LogP contribution in [-0.4, -0.2) is 46.4 Å². The summed E-state index contributed by atoms with van der Waals surface area (Å²) in [7, 11) is 0. The van der Waals surface area contributed by atoms with Crippen LogP contribution in [0.15, 0.2) is 24.3 Å². The van der Waals surface area contributed by atoms with E-state index in [1.54, 1.807) is 4.90 Å². The van der Waals surface area contributed by atoms with Crippen molar-refractivity contribution in [2.45, 2.75) is 63.8 Å². The van der Waals surface area contributed by atoms with Gasteiger partial charge in [-0.15, -0.1) is 0 Å². The van der Waals surface area contributed by atoms with Crippen LogP contribution in [0.2, 0.25) is 0 Å². The van der Waals surface area contributed by atoms with Crippen molar-refractivity contribution in [1.82, 2.24) is 10.2 Å². The predicted molar refractivity (Wildman–Crippen MR) is 106 cm³/mol. The molecular formula is C22H30N2O4. The van der Waals surface area contributed by atoms with Gasteiger partial charge >= 0.3 is 5.97 Å². The fourth-order valence-electron chi connectivity index (χ4n) is 4.32. The first-order valence-corrected chi connectivity index (χ1v) is 10.3. The average Bonchev–Trinajstić information content (AvgIpc) is 2.94. The first-order chi connectivity index (χ1) is 13.4. The number of hydrogen-bond donors (Lipinski definition) is 2. The molecule has 28 heavy (non-hydrogen) atoms. The van der Waals surface area contributed by atoms with Gasteiger partial charge in [0.2, 0.25) is 5.91 Å². The summed E-state index contributed by atoms with van der Waals surface area (Å²) in [5.41, 5.74) is 0.559. The molecule has 2 amide bonds. The van der Waals surface area contributed by atoms with Crippen molar-refractivity contribution in [2.75, 3.05) is 13.1 Å². The SMILES string of the molecule is Cc1ccc(C(=O)N2CCCC(C(=O)NC3(C(=O)O)CCCCCC3)C2)cc1. The maximum atomic E-state index is 12.9. The third-order valence-electron chi connectivity index (χ3n) is 6.11. The third kappa shape index (κ3) is 4.54. The van der Waals surface area contributed by atoms with Gasteiger partial charge in [0.25, 0.3) is 5.91 Å². The second-order valence-corrected chi connectivity index (χ2v) is 8.25. The molecule has 1 heterocycles. The topological polar surface area (TPSA) is 86.7 Å². The van der Waals surface area contributed by atoms with Gasteiger partial charge in [-0.2, -0.15) is 0 Å². The summed E-state index contributed by atoms with van der Waals surface area (Å²) >= 11 is 0. The van der Waals surface area contributed by atoms with E-state index < -0.39 is 11.5 Å². The lowest BCUT2D eigenvalue weighted by molar-refractivity contribution is -0.149. The van der Waals surface area contributed by atoms with Crippen LogP contribution in [0.5, 0.6) is 0 Å². The Hall–Kier alpha value is -2.37. The number of aliphatic carboxylic acids is 1. The number of hydrogen-bond acceptors (Lipinski definition) is 3. The lowest BCUT2D eigenvalue weighted by Gasteiger charge is -2.35. The van der Waals surface area contributed by atoms with E-state index in [0.717, 1.165) is 37.7 Å². The normalized spacial score (nSPS) is 22.2. The van der Waals surface area contributed by atoms with Crippen molar-refractivity contribution < 1.29 is 19.5 Å². The number of aryl methyl sites for hydroxylation is 1. The molecule has 1 atom stereocenters. The molecule has 0 bridgehead atoms. The number of carboxylic acid groups (broad SMARTS) is 1. The quantitative estimate of drug-likeness (QED) is 0.779. The Morgan fingerprint density at radius 2 is 1.68 bits per heavy atom. The molecule has 2 N–H and O–H groups in total. The summed E-state index contributed by atoms with van der Waals surface area (Å²) in [5.74, 6) is -1.60. The zero-order chi connectivity index (χ0) is 20.1. The van der Waals surface area contributed by atoms with Crippen molar-refractivity contribution in [2.24, 2.45) is 5.92 Å². The lowest BCUT2D eigenvalue weighted by atomic mass is 9.88. The number of benzene rings is 1.